The van der Waals surface area contributed by atoms with Crippen molar-refractivity contribution in [3.63, 3.8) is 0 Å². The van der Waals surface area contributed by atoms with E-state index in [1.807, 2.05) is 13.8 Å². The van der Waals surface area contributed by atoms with Crippen LogP contribution in [0.5, 0.6) is 0 Å². The zero-order chi connectivity index (χ0) is 14.9. The van der Waals surface area contributed by atoms with Gasteiger partial charge in [-0.3, -0.25) is 4.90 Å². The Balaban J connectivity index is 2.63. The summed E-state index contributed by atoms with van der Waals surface area (Å²) in [6, 6.07) is 0. The Morgan fingerprint density at radius 2 is 1.95 bits per heavy atom. The molecule has 0 bridgehead atoms. The minimum Gasteiger partial charge on any atom is -0.368 e. The summed E-state index contributed by atoms with van der Waals surface area (Å²) in [7, 11) is -3.07. The Kier molecular flexibility index (Phi) is 5.04. The van der Waals surface area contributed by atoms with E-state index in [1.165, 1.54) is 0 Å². The summed E-state index contributed by atoms with van der Waals surface area (Å²) < 4.78 is 29.4. The molecule has 1 saturated heterocycles. The fourth-order valence-electron chi connectivity index (χ4n) is 2.27. The van der Waals surface area contributed by atoms with E-state index in [0.29, 0.717) is 19.6 Å². The quantitative estimate of drug-likeness (QED) is 0.823. The molecule has 1 rings (SSSR count). The lowest BCUT2D eigenvalue weighted by Gasteiger charge is -2.42. The van der Waals surface area contributed by atoms with Crippen molar-refractivity contribution in [3.05, 3.63) is 0 Å². The molecule has 5 nitrogen and oxygen atoms in total. The van der Waals surface area contributed by atoms with Crippen molar-refractivity contribution in [2.45, 2.75) is 51.1 Å². The third-order valence-corrected chi connectivity index (χ3v) is 6.01. The van der Waals surface area contributed by atoms with Gasteiger partial charge in [-0.1, -0.05) is 0 Å². The van der Waals surface area contributed by atoms with E-state index < -0.39 is 14.6 Å². The molecule has 0 amide bonds. The minimum absolute atomic E-state index is 0.0129. The first kappa shape index (κ1) is 16.9. The SMILES string of the molecule is CC1(C)CN(CCS(=O)(=O)C(C)(C)C)CC(CN)O1. The molecule has 0 aliphatic carbocycles. The predicted molar refractivity (Wildman–Crippen MR) is 78.0 cm³/mol. The lowest BCUT2D eigenvalue weighted by atomic mass is 10.1. The van der Waals surface area contributed by atoms with Gasteiger partial charge < -0.3 is 10.5 Å². The lowest BCUT2D eigenvalue weighted by molar-refractivity contribution is -0.130. The molecule has 1 aliphatic rings. The van der Waals surface area contributed by atoms with E-state index in [0.717, 1.165) is 6.54 Å². The van der Waals surface area contributed by atoms with E-state index in [4.69, 9.17) is 10.5 Å². The molecule has 0 aromatic rings. The van der Waals surface area contributed by atoms with Gasteiger partial charge in [0.2, 0.25) is 0 Å². The Morgan fingerprint density at radius 3 is 2.42 bits per heavy atom. The second-order valence-corrected chi connectivity index (χ2v) is 9.76. The van der Waals surface area contributed by atoms with Crippen molar-refractivity contribution < 1.29 is 13.2 Å². The molecular formula is C13H28N2O3S. The van der Waals surface area contributed by atoms with Crippen molar-refractivity contribution in [1.29, 1.82) is 0 Å². The molecule has 1 aliphatic heterocycles. The first-order valence-corrected chi connectivity index (χ1v) is 8.45. The summed E-state index contributed by atoms with van der Waals surface area (Å²) in [4.78, 5) is 2.14. The fourth-order valence-corrected chi connectivity index (χ4v) is 3.38. The molecule has 114 valence electrons. The maximum absolute atomic E-state index is 12.1. The molecule has 6 heteroatoms. The number of sulfone groups is 1. The van der Waals surface area contributed by atoms with Gasteiger partial charge in [0, 0.05) is 26.2 Å². The van der Waals surface area contributed by atoms with Crippen molar-refractivity contribution >= 4 is 9.84 Å². The fraction of sp³-hybridized carbons (Fsp3) is 1.00. The van der Waals surface area contributed by atoms with Gasteiger partial charge in [-0.05, 0) is 34.6 Å². The average molecular weight is 292 g/mol. The van der Waals surface area contributed by atoms with Gasteiger partial charge in [0.05, 0.1) is 22.2 Å². The van der Waals surface area contributed by atoms with Crippen LogP contribution in [-0.2, 0) is 14.6 Å². The number of hydrogen-bond donors (Lipinski definition) is 1. The summed E-state index contributed by atoms with van der Waals surface area (Å²) in [6.07, 6.45) is -0.0129. The summed E-state index contributed by atoms with van der Waals surface area (Å²) >= 11 is 0. The third-order valence-electron chi connectivity index (χ3n) is 3.42. The monoisotopic (exact) mass is 292 g/mol. The largest absolute Gasteiger partial charge is 0.368 e. The molecule has 1 unspecified atom stereocenters. The summed E-state index contributed by atoms with van der Waals surface area (Å²) in [5.74, 6) is 0.184. The van der Waals surface area contributed by atoms with Gasteiger partial charge in [-0.2, -0.15) is 0 Å². The molecular weight excluding hydrogens is 264 g/mol. The van der Waals surface area contributed by atoms with Crippen LogP contribution in [0.3, 0.4) is 0 Å². The maximum Gasteiger partial charge on any atom is 0.156 e. The highest BCUT2D eigenvalue weighted by atomic mass is 32.2. The molecule has 0 spiro atoms. The molecule has 2 N–H and O–H groups in total. The van der Waals surface area contributed by atoms with Crippen molar-refractivity contribution in [1.82, 2.24) is 4.90 Å². The maximum atomic E-state index is 12.1. The Hall–Kier alpha value is -0.170. The standard InChI is InChI=1S/C13H28N2O3S/c1-12(2,3)19(16,17)7-6-15-9-11(8-14)18-13(4,5)10-15/h11H,6-10,14H2,1-5H3. The first-order valence-electron chi connectivity index (χ1n) is 6.79. The first-order chi connectivity index (χ1) is 8.47. The molecule has 0 aromatic carbocycles. The van der Waals surface area contributed by atoms with Crippen LogP contribution in [0.1, 0.15) is 34.6 Å². The van der Waals surface area contributed by atoms with Crippen LogP contribution in [0, 0.1) is 0 Å². The number of rotatable bonds is 4. The summed E-state index contributed by atoms with van der Waals surface area (Å²) in [5.41, 5.74) is 5.40. The summed E-state index contributed by atoms with van der Waals surface area (Å²) in [6.45, 7) is 11.7. The second kappa shape index (κ2) is 5.68. The number of hydrogen-bond acceptors (Lipinski definition) is 5. The highest BCUT2D eigenvalue weighted by Gasteiger charge is 2.34. The van der Waals surface area contributed by atoms with Crippen LogP contribution in [0.2, 0.25) is 0 Å². The average Bonchev–Trinajstić information content (AvgIpc) is 2.22. The van der Waals surface area contributed by atoms with E-state index in [2.05, 4.69) is 4.90 Å². The number of ether oxygens (including phenoxy) is 1. The molecule has 1 heterocycles. The molecule has 0 aromatic heterocycles. The van der Waals surface area contributed by atoms with Gasteiger partial charge >= 0.3 is 0 Å². The van der Waals surface area contributed by atoms with Gasteiger partial charge in [-0.15, -0.1) is 0 Å². The van der Waals surface area contributed by atoms with E-state index in [9.17, 15) is 8.42 Å². The number of morpholine rings is 1. The van der Waals surface area contributed by atoms with Crippen LogP contribution < -0.4 is 5.73 Å². The van der Waals surface area contributed by atoms with Gasteiger partial charge in [0.1, 0.15) is 0 Å². The Morgan fingerprint density at radius 1 is 1.37 bits per heavy atom. The van der Waals surface area contributed by atoms with Gasteiger partial charge in [0.15, 0.2) is 9.84 Å². The van der Waals surface area contributed by atoms with Crippen molar-refractivity contribution in [2.75, 3.05) is 31.9 Å². The van der Waals surface area contributed by atoms with Gasteiger partial charge in [0.25, 0.3) is 0 Å². The highest BCUT2D eigenvalue weighted by molar-refractivity contribution is 7.92. The Labute approximate surface area is 117 Å². The molecule has 1 atom stereocenters. The number of nitrogens with zero attached hydrogens (tertiary/aromatic N) is 1. The van der Waals surface area contributed by atoms with E-state index in [1.54, 1.807) is 20.8 Å². The smallest absolute Gasteiger partial charge is 0.156 e. The third kappa shape index (κ3) is 4.70. The van der Waals surface area contributed by atoms with Crippen molar-refractivity contribution in [2.24, 2.45) is 5.73 Å². The normalized spacial score (nSPS) is 25.5. The Bertz CT molecular complexity index is 399. The second-order valence-electron chi connectivity index (χ2n) is 6.90. The number of nitrogens with two attached hydrogens (primary N) is 1. The van der Waals surface area contributed by atoms with E-state index in [-0.39, 0.29) is 17.5 Å². The highest BCUT2D eigenvalue weighted by Crippen LogP contribution is 2.21. The zero-order valence-electron chi connectivity index (χ0n) is 12.8. The molecule has 0 saturated carbocycles. The molecule has 19 heavy (non-hydrogen) atoms. The van der Waals surface area contributed by atoms with Crippen LogP contribution in [0.4, 0.5) is 0 Å². The molecule has 0 radical (unpaired) electrons. The lowest BCUT2D eigenvalue weighted by Crippen LogP contribution is -2.55. The van der Waals surface area contributed by atoms with Gasteiger partial charge in [-0.25, -0.2) is 8.42 Å². The van der Waals surface area contributed by atoms with Crippen LogP contribution in [0.25, 0.3) is 0 Å². The minimum atomic E-state index is -3.07. The molecule has 1 fully saturated rings. The topological polar surface area (TPSA) is 72.6 Å². The van der Waals surface area contributed by atoms with Crippen LogP contribution in [0.15, 0.2) is 0 Å². The summed E-state index contributed by atoms with van der Waals surface area (Å²) in [5, 5.41) is 0. The van der Waals surface area contributed by atoms with Crippen molar-refractivity contribution in [3.8, 4) is 0 Å². The van der Waals surface area contributed by atoms with Crippen LogP contribution in [-0.4, -0.2) is 61.7 Å². The van der Waals surface area contributed by atoms with Crippen LogP contribution >= 0.6 is 0 Å². The van der Waals surface area contributed by atoms with E-state index >= 15 is 0 Å². The predicted octanol–water partition coefficient (Wildman–Crippen LogP) is 0.638. The zero-order valence-corrected chi connectivity index (χ0v) is 13.6.